The summed E-state index contributed by atoms with van der Waals surface area (Å²) in [5.41, 5.74) is 1.40. The van der Waals surface area contributed by atoms with Crippen LogP contribution in [-0.2, 0) is 11.4 Å². The van der Waals surface area contributed by atoms with Crippen LogP contribution in [0.25, 0.3) is 5.65 Å². The monoisotopic (exact) mass is 435 g/mol. The molecule has 0 aliphatic heterocycles. The van der Waals surface area contributed by atoms with Crippen LogP contribution in [0.1, 0.15) is 33.4 Å². The second kappa shape index (κ2) is 8.97. The zero-order chi connectivity index (χ0) is 22.7. The van der Waals surface area contributed by atoms with E-state index in [1.165, 1.54) is 10.5 Å². The van der Waals surface area contributed by atoms with Crippen molar-refractivity contribution in [2.24, 2.45) is 0 Å². The number of nitrogens with zero attached hydrogens (tertiary/aromatic N) is 2. The van der Waals surface area contributed by atoms with Gasteiger partial charge in [0.25, 0.3) is 5.91 Å². The van der Waals surface area contributed by atoms with Gasteiger partial charge in [-0.2, -0.15) is 0 Å². The van der Waals surface area contributed by atoms with Gasteiger partial charge in [0.2, 0.25) is 0 Å². The van der Waals surface area contributed by atoms with Gasteiger partial charge in [0, 0.05) is 6.20 Å². The van der Waals surface area contributed by atoms with Crippen LogP contribution in [0, 0.1) is 18.6 Å². The van der Waals surface area contributed by atoms with Crippen molar-refractivity contribution in [3.63, 3.8) is 0 Å². The number of halogens is 2. The largest absolute Gasteiger partial charge is 0.485 e. The normalized spacial score (nSPS) is 11.8. The molecule has 0 radical (unpaired) electrons. The minimum Gasteiger partial charge on any atom is -0.485 e. The Morgan fingerprint density at radius 1 is 1.09 bits per heavy atom. The van der Waals surface area contributed by atoms with Gasteiger partial charge in [0.15, 0.2) is 11.4 Å². The Labute approximate surface area is 182 Å². The standard InChI is InChI=1S/C24H19F2N3O3/c1-15-22(24(31)28-20(13-30)16-7-3-2-4-8-16)29-12-6-11-21(23(29)27-15)32-14-17-18(25)9-5-10-19(17)26/h2-13,20H,14H2,1H3,(H,28,31)/t20-/m0/s1. The van der Waals surface area contributed by atoms with Gasteiger partial charge in [-0.25, -0.2) is 13.8 Å². The molecule has 32 heavy (non-hydrogen) atoms. The molecule has 0 saturated heterocycles. The van der Waals surface area contributed by atoms with Gasteiger partial charge in [0.05, 0.1) is 11.3 Å². The number of ether oxygens (including phenoxy) is 1. The third-order valence-electron chi connectivity index (χ3n) is 5.02. The summed E-state index contributed by atoms with van der Waals surface area (Å²) in [6, 6.07) is 14.9. The fourth-order valence-electron chi connectivity index (χ4n) is 3.43. The molecule has 0 unspecified atom stereocenters. The highest BCUT2D eigenvalue weighted by Gasteiger charge is 2.22. The number of fused-ring (bicyclic) bond motifs is 1. The number of amides is 1. The van der Waals surface area contributed by atoms with Gasteiger partial charge in [-0.05, 0) is 36.8 Å². The zero-order valence-corrected chi connectivity index (χ0v) is 17.1. The van der Waals surface area contributed by atoms with Crippen molar-refractivity contribution in [1.29, 1.82) is 0 Å². The van der Waals surface area contributed by atoms with Crippen LogP contribution < -0.4 is 10.1 Å². The van der Waals surface area contributed by atoms with Crippen LogP contribution in [0.4, 0.5) is 8.78 Å². The maximum atomic E-state index is 13.9. The summed E-state index contributed by atoms with van der Waals surface area (Å²) in [6.45, 7) is 1.31. The Kier molecular flexibility index (Phi) is 5.93. The number of carbonyl (C=O) groups excluding carboxylic acids is 2. The van der Waals surface area contributed by atoms with Gasteiger partial charge in [-0.3, -0.25) is 9.20 Å². The van der Waals surface area contributed by atoms with Crippen molar-refractivity contribution < 1.29 is 23.1 Å². The van der Waals surface area contributed by atoms with Gasteiger partial charge >= 0.3 is 0 Å². The van der Waals surface area contributed by atoms with Crippen LogP contribution in [-0.4, -0.2) is 21.6 Å². The second-order valence-corrected chi connectivity index (χ2v) is 7.10. The van der Waals surface area contributed by atoms with E-state index < -0.39 is 23.6 Å². The Morgan fingerprint density at radius 3 is 2.50 bits per heavy atom. The van der Waals surface area contributed by atoms with E-state index in [0.717, 1.165) is 12.1 Å². The molecule has 0 aliphatic carbocycles. The summed E-state index contributed by atoms with van der Waals surface area (Å²) in [5.74, 6) is -1.66. The highest BCUT2D eigenvalue weighted by atomic mass is 19.1. The molecule has 0 fully saturated rings. The SMILES string of the molecule is Cc1nc2c(OCc3c(F)cccc3F)cccn2c1C(=O)N[C@@H](C=O)c1ccccc1. The number of hydrogen-bond donors (Lipinski definition) is 1. The van der Waals surface area contributed by atoms with E-state index in [0.29, 0.717) is 23.2 Å². The number of benzene rings is 2. The third-order valence-corrected chi connectivity index (χ3v) is 5.02. The minimum absolute atomic E-state index is 0.201. The van der Waals surface area contributed by atoms with Crippen LogP contribution in [0.5, 0.6) is 5.75 Å². The number of pyridine rings is 1. The van der Waals surface area contributed by atoms with E-state index in [2.05, 4.69) is 10.3 Å². The molecule has 1 amide bonds. The van der Waals surface area contributed by atoms with Crippen molar-refractivity contribution in [1.82, 2.24) is 14.7 Å². The summed E-state index contributed by atoms with van der Waals surface area (Å²) in [6.07, 6.45) is 2.28. The molecule has 0 bridgehead atoms. The van der Waals surface area contributed by atoms with Crippen molar-refractivity contribution in [3.05, 3.63) is 101 Å². The predicted octanol–water partition coefficient (Wildman–Crippen LogP) is 4.17. The summed E-state index contributed by atoms with van der Waals surface area (Å²) in [7, 11) is 0. The van der Waals surface area contributed by atoms with E-state index in [-0.39, 0.29) is 23.6 Å². The second-order valence-electron chi connectivity index (χ2n) is 7.10. The first kappa shape index (κ1) is 21.2. The Morgan fingerprint density at radius 2 is 1.81 bits per heavy atom. The molecule has 8 heteroatoms. The van der Waals surface area contributed by atoms with Crippen molar-refractivity contribution in [3.8, 4) is 5.75 Å². The lowest BCUT2D eigenvalue weighted by atomic mass is 10.1. The van der Waals surface area contributed by atoms with Crippen molar-refractivity contribution in [2.45, 2.75) is 19.6 Å². The number of hydrogen-bond acceptors (Lipinski definition) is 4. The average Bonchev–Trinajstić information content (AvgIpc) is 3.14. The number of aromatic nitrogens is 2. The first-order valence-corrected chi connectivity index (χ1v) is 9.84. The van der Waals surface area contributed by atoms with E-state index in [9.17, 15) is 18.4 Å². The molecule has 4 aromatic rings. The highest BCUT2D eigenvalue weighted by molar-refractivity contribution is 5.96. The van der Waals surface area contributed by atoms with Crippen molar-refractivity contribution >= 4 is 17.8 Å². The van der Waals surface area contributed by atoms with Crippen LogP contribution in [0.15, 0.2) is 66.9 Å². The number of aryl methyl sites for hydroxylation is 1. The molecule has 162 valence electrons. The van der Waals surface area contributed by atoms with Crippen LogP contribution in [0.2, 0.25) is 0 Å². The summed E-state index contributed by atoms with van der Waals surface area (Å²) in [5, 5.41) is 2.70. The molecule has 0 aliphatic rings. The summed E-state index contributed by atoms with van der Waals surface area (Å²) >= 11 is 0. The lowest BCUT2D eigenvalue weighted by Gasteiger charge is -2.13. The summed E-state index contributed by atoms with van der Waals surface area (Å²) in [4.78, 5) is 29.0. The third kappa shape index (κ3) is 4.07. The molecule has 2 heterocycles. The first-order valence-electron chi connectivity index (χ1n) is 9.84. The first-order chi connectivity index (χ1) is 15.5. The molecular weight excluding hydrogens is 416 g/mol. The number of imidazole rings is 1. The molecule has 1 N–H and O–H groups in total. The van der Waals surface area contributed by atoms with E-state index in [1.807, 2.05) is 6.07 Å². The average molecular weight is 435 g/mol. The topological polar surface area (TPSA) is 72.7 Å². The Balaban J connectivity index is 1.62. The van der Waals surface area contributed by atoms with Crippen LogP contribution in [0.3, 0.4) is 0 Å². The maximum Gasteiger partial charge on any atom is 0.271 e. The molecule has 6 nitrogen and oxygen atoms in total. The van der Waals surface area contributed by atoms with Gasteiger partial charge in [0.1, 0.15) is 36.3 Å². The van der Waals surface area contributed by atoms with E-state index in [1.54, 1.807) is 49.5 Å². The fraction of sp³-hybridized carbons (Fsp3) is 0.125. The highest BCUT2D eigenvalue weighted by Crippen LogP contribution is 2.24. The lowest BCUT2D eigenvalue weighted by Crippen LogP contribution is -2.30. The number of carbonyl (C=O) groups is 2. The van der Waals surface area contributed by atoms with E-state index >= 15 is 0 Å². The van der Waals surface area contributed by atoms with Gasteiger partial charge < -0.3 is 14.8 Å². The molecule has 0 spiro atoms. The van der Waals surface area contributed by atoms with Gasteiger partial charge in [-0.1, -0.05) is 36.4 Å². The molecule has 0 saturated carbocycles. The smallest absolute Gasteiger partial charge is 0.271 e. The lowest BCUT2D eigenvalue weighted by molar-refractivity contribution is -0.109. The Bertz CT molecular complexity index is 1270. The van der Waals surface area contributed by atoms with Gasteiger partial charge in [-0.15, -0.1) is 0 Å². The molecule has 1 atom stereocenters. The zero-order valence-electron chi connectivity index (χ0n) is 17.1. The minimum atomic E-state index is -0.822. The summed E-state index contributed by atoms with van der Waals surface area (Å²) < 4.78 is 35.0. The van der Waals surface area contributed by atoms with Crippen molar-refractivity contribution in [2.75, 3.05) is 0 Å². The predicted molar refractivity (Wildman–Crippen MR) is 113 cm³/mol. The maximum absolute atomic E-state index is 13.9. The quantitative estimate of drug-likeness (QED) is 0.442. The molecular formula is C24H19F2N3O3. The number of aldehydes is 1. The molecule has 4 rings (SSSR count). The Hall–Kier alpha value is -4.07. The van der Waals surface area contributed by atoms with E-state index in [4.69, 9.17) is 4.74 Å². The molecule has 2 aromatic heterocycles. The number of nitrogens with one attached hydrogen (secondary N) is 1. The fourth-order valence-corrected chi connectivity index (χ4v) is 3.43. The number of rotatable bonds is 7. The molecule has 2 aromatic carbocycles. The van der Waals surface area contributed by atoms with Crippen LogP contribution >= 0.6 is 0 Å².